The highest BCUT2D eigenvalue weighted by atomic mass is 14.5. The van der Waals surface area contributed by atoms with E-state index in [1.165, 1.54) is 18.4 Å². The number of nitrogens with two attached hydrogens (primary N) is 1. The highest BCUT2D eigenvalue weighted by molar-refractivity contribution is 5.37. The Balaban J connectivity index is 2.64. The van der Waals surface area contributed by atoms with Crippen molar-refractivity contribution in [2.24, 2.45) is 11.7 Å². The third-order valence-corrected chi connectivity index (χ3v) is 2.78. The molecule has 2 N–H and O–H groups in total. The Bertz CT molecular complexity index is 384. The van der Waals surface area contributed by atoms with E-state index in [1.807, 2.05) is 0 Å². The van der Waals surface area contributed by atoms with Gasteiger partial charge in [-0.05, 0) is 43.5 Å². The first-order valence-corrected chi connectivity index (χ1v) is 6.56. The minimum Gasteiger partial charge on any atom is -0.330 e. The fourth-order valence-corrected chi connectivity index (χ4v) is 1.82. The van der Waals surface area contributed by atoms with Gasteiger partial charge in [0, 0.05) is 11.5 Å². The molecular formula is C16H23N. The van der Waals surface area contributed by atoms with E-state index in [9.17, 15) is 0 Å². The molecule has 17 heavy (non-hydrogen) atoms. The van der Waals surface area contributed by atoms with E-state index >= 15 is 0 Å². The van der Waals surface area contributed by atoms with E-state index in [0.29, 0.717) is 5.92 Å². The van der Waals surface area contributed by atoms with Crippen LogP contribution in [0.3, 0.4) is 0 Å². The second kappa shape index (κ2) is 7.92. The number of benzene rings is 1. The summed E-state index contributed by atoms with van der Waals surface area (Å²) in [6.45, 7) is 5.14. The molecule has 1 aromatic carbocycles. The van der Waals surface area contributed by atoms with Gasteiger partial charge in [-0.15, -0.1) is 0 Å². The second-order valence-corrected chi connectivity index (χ2v) is 4.55. The van der Waals surface area contributed by atoms with E-state index in [-0.39, 0.29) is 0 Å². The smallest absolute Gasteiger partial charge is 0.0248 e. The van der Waals surface area contributed by atoms with Gasteiger partial charge >= 0.3 is 0 Å². The summed E-state index contributed by atoms with van der Waals surface area (Å²) < 4.78 is 0. The Hall–Kier alpha value is -1.26. The van der Waals surface area contributed by atoms with Crippen molar-refractivity contribution in [1.82, 2.24) is 0 Å². The van der Waals surface area contributed by atoms with E-state index in [0.717, 1.165) is 24.9 Å². The van der Waals surface area contributed by atoms with E-state index in [4.69, 9.17) is 5.73 Å². The van der Waals surface area contributed by atoms with Gasteiger partial charge in [-0.3, -0.25) is 0 Å². The van der Waals surface area contributed by atoms with Gasteiger partial charge in [-0.1, -0.05) is 44.2 Å². The molecule has 0 bridgehead atoms. The summed E-state index contributed by atoms with van der Waals surface area (Å²) >= 11 is 0. The second-order valence-electron chi connectivity index (χ2n) is 4.55. The summed E-state index contributed by atoms with van der Waals surface area (Å²) in [6, 6.07) is 8.50. The zero-order valence-electron chi connectivity index (χ0n) is 11.0. The van der Waals surface area contributed by atoms with Gasteiger partial charge in [0.1, 0.15) is 0 Å². The molecule has 0 amide bonds. The van der Waals surface area contributed by atoms with Crippen molar-refractivity contribution >= 4 is 0 Å². The number of hydrogen-bond acceptors (Lipinski definition) is 1. The lowest BCUT2D eigenvalue weighted by Crippen LogP contribution is -2.00. The first kappa shape index (κ1) is 13.8. The third kappa shape index (κ3) is 5.56. The Morgan fingerprint density at radius 3 is 2.88 bits per heavy atom. The minimum absolute atomic E-state index is 0.493. The molecule has 1 heteroatoms. The first-order chi connectivity index (χ1) is 8.26. The lowest BCUT2D eigenvalue weighted by molar-refractivity contribution is 0.653. The zero-order valence-corrected chi connectivity index (χ0v) is 11.0. The molecule has 0 aliphatic carbocycles. The van der Waals surface area contributed by atoms with Gasteiger partial charge in [0.05, 0.1) is 0 Å². The topological polar surface area (TPSA) is 26.0 Å². The molecule has 92 valence electrons. The van der Waals surface area contributed by atoms with Gasteiger partial charge < -0.3 is 5.73 Å². The van der Waals surface area contributed by atoms with Crippen LogP contribution >= 0.6 is 0 Å². The van der Waals surface area contributed by atoms with Crippen LogP contribution in [0.15, 0.2) is 24.3 Å². The average molecular weight is 229 g/mol. The van der Waals surface area contributed by atoms with Crippen LogP contribution in [0.4, 0.5) is 0 Å². The fourth-order valence-electron chi connectivity index (χ4n) is 1.82. The highest BCUT2D eigenvalue weighted by Crippen LogP contribution is 2.08. The molecule has 0 radical (unpaired) electrons. The summed E-state index contributed by atoms with van der Waals surface area (Å²) in [5.74, 6) is 7.07. The molecule has 0 heterocycles. The molecule has 0 saturated carbocycles. The molecule has 1 rings (SSSR count). The quantitative estimate of drug-likeness (QED) is 0.770. The number of rotatable bonds is 5. The lowest BCUT2D eigenvalue weighted by Gasteiger charge is -2.01. The van der Waals surface area contributed by atoms with Crippen LogP contribution in [-0.2, 0) is 6.42 Å². The molecule has 0 spiro atoms. The summed E-state index contributed by atoms with van der Waals surface area (Å²) in [5.41, 5.74) is 7.98. The molecule has 0 aromatic heterocycles. The molecule has 0 aliphatic rings. The molecule has 0 saturated heterocycles. The van der Waals surface area contributed by atoms with Crippen molar-refractivity contribution in [3.05, 3.63) is 35.4 Å². The maximum atomic E-state index is 5.52. The molecular weight excluding hydrogens is 206 g/mol. The maximum absolute atomic E-state index is 5.52. The molecule has 0 fully saturated rings. The summed E-state index contributed by atoms with van der Waals surface area (Å²) in [4.78, 5) is 0. The predicted octanol–water partition coefficient (Wildman–Crippen LogP) is 3.37. The van der Waals surface area contributed by atoms with Crippen molar-refractivity contribution in [2.45, 2.75) is 39.5 Å². The van der Waals surface area contributed by atoms with Crippen LogP contribution in [0.5, 0.6) is 0 Å². The van der Waals surface area contributed by atoms with Crippen LogP contribution in [0.1, 0.15) is 44.2 Å². The van der Waals surface area contributed by atoms with Crippen LogP contribution < -0.4 is 5.73 Å². The standard InChI is InChI=1S/C16H23N/c1-3-6-14(2)10-11-16-8-4-7-15(13-16)9-5-12-17/h4,7-8,13-14H,3,5-6,9,12,17H2,1-2H3. The van der Waals surface area contributed by atoms with Crippen LogP contribution in [0.25, 0.3) is 0 Å². The van der Waals surface area contributed by atoms with Crippen molar-refractivity contribution in [3.8, 4) is 11.8 Å². The molecule has 1 atom stereocenters. The van der Waals surface area contributed by atoms with Gasteiger partial charge in [-0.25, -0.2) is 0 Å². The van der Waals surface area contributed by atoms with Crippen LogP contribution in [-0.4, -0.2) is 6.54 Å². The monoisotopic (exact) mass is 229 g/mol. The van der Waals surface area contributed by atoms with Crippen molar-refractivity contribution < 1.29 is 0 Å². The van der Waals surface area contributed by atoms with Crippen LogP contribution in [0, 0.1) is 17.8 Å². The van der Waals surface area contributed by atoms with Crippen molar-refractivity contribution in [1.29, 1.82) is 0 Å². The maximum Gasteiger partial charge on any atom is 0.0248 e. The Labute approximate surface area is 105 Å². The Morgan fingerprint density at radius 1 is 1.35 bits per heavy atom. The predicted molar refractivity (Wildman–Crippen MR) is 74.8 cm³/mol. The fraction of sp³-hybridized carbons (Fsp3) is 0.500. The largest absolute Gasteiger partial charge is 0.330 e. The first-order valence-electron chi connectivity index (χ1n) is 6.56. The molecule has 0 aliphatic heterocycles. The molecule has 1 aromatic rings. The number of hydrogen-bond donors (Lipinski definition) is 1. The van der Waals surface area contributed by atoms with Crippen LogP contribution in [0.2, 0.25) is 0 Å². The van der Waals surface area contributed by atoms with E-state index in [1.54, 1.807) is 0 Å². The van der Waals surface area contributed by atoms with E-state index < -0.39 is 0 Å². The zero-order chi connectivity index (χ0) is 12.5. The summed E-state index contributed by atoms with van der Waals surface area (Å²) in [6.07, 6.45) is 4.48. The van der Waals surface area contributed by atoms with Gasteiger partial charge in [0.2, 0.25) is 0 Å². The SMILES string of the molecule is CCCC(C)C#Cc1cccc(CCCN)c1. The number of aryl methyl sites for hydroxylation is 1. The van der Waals surface area contributed by atoms with Gasteiger partial charge in [0.15, 0.2) is 0 Å². The van der Waals surface area contributed by atoms with Gasteiger partial charge in [0.25, 0.3) is 0 Å². The Kier molecular flexibility index (Phi) is 6.43. The molecule has 1 nitrogen and oxygen atoms in total. The van der Waals surface area contributed by atoms with Crippen molar-refractivity contribution in [2.75, 3.05) is 6.54 Å². The summed E-state index contributed by atoms with van der Waals surface area (Å²) in [7, 11) is 0. The van der Waals surface area contributed by atoms with E-state index in [2.05, 4.69) is 50.0 Å². The average Bonchev–Trinajstić information content (AvgIpc) is 2.35. The van der Waals surface area contributed by atoms with Gasteiger partial charge in [-0.2, -0.15) is 0 Å². The van der Waals surface area contributed by atoms with Crippen molar-refractivity contribution in [3.63, 3.8) is 0 Å². The Morgan fingerprint density at radius 2 is 2.18 bits per heavy atom. The normalized spacial score (nSPS) is 11.7. The minimum atomic E-state index is 0.493. The summed E-state index contributed by atoms with van der Waals surface area (Å²) in [5, 5.41) is 0. The third-order valence-electron chi connectivity index (χ3n) is 2.78. The highest BCUT2D eigenvalue weighted by Gasteiger charge is 1.95. The lowest BCUT2D eigenvalue weighted by atomic mass is 10.0. The molecule has 1 unspecified atom stereocenters.